The van der Waals surface area contributed by atoms with Crippen LogP contribution in [-0.4, -0.2) is 57.4 Å². The Morgan fingerprint density at radius 2 is 2.00 bits per heavy atom. The third kappa shape index (κ3) is 4.22. The Hall–Kier alpha value is -1.43. The maximum Gasteiger partial charge on any atom is 0.246 e. The SMILES string of the molecule is COCCOCC(=O)N[C@@H]1c2ccccc2[C@@H]2CN(CC(C)C)C[C@H]12. The number of methoxy groups -OCH3 is 1. The lowest BCUT2D eigenvalue weighted by Crippen LogP contribution is -2.36. The van der Waals surface area contributed by atoms with Gasteiger partial charge in [-0.25, -0.2) is 0 Å². The van der Waals surface area contributed by atoms with Gasteiger partial charge in [0, 0.05) is 38.6 Å². The van der Waals surface area contributed by atoms with Gasteiger partial charge in [-0.2, -0.15) is 0 Å². The molecule has 0 spiro atoms. The zero-order valence-electron chi connectivity index (χ0n) is 15.5. The molecule has 0 bridgehead atoms. The molecular weight excluding hydrogens is 316 g/mol. The molecule has 1 fully saturated rings. The van der Waals surface area contributed by atoms with Crippen molar-refractivity contribution >= 4 is 5.91 Å². The van der Waals surface area contributed by atoms with Gasteiger partial charge in [0.15, 0.2) is 0 Å². The Bertz CT molecular complexity index is 590. The fourth-order valence-corrected chi connectivity index (χ4v) is 4.32. The molecule has 0 radical (unpaired) electrons. The molecule has 1 aromatic carbocycles. The number of hydrogen-bond donors (Lipinski definition) is 1. The summed E-state index contributed by atoms with van der Waals surface area (Å²) in [6.07, 6.45) is 0. The molecule has 0 saturated carbocycles. The highest BCUT2D eigenvalue weighted by molar-refractivity contribution is 5.78. The molecule has 2 aliphatic rings. The molecule has 1 N–H and O–H groups in total. The van der Waals surface area contributed by atoms with Gasteiger partial charge in [0.05, 0.1) is 19.3 Å². The molecule has 3 rings (SSSR count). The molecule has 3 atom stereocenters. The van der Waals surface area contributed by atoms with Gasteiger partial charge in [-0.15, -0.1) is 0 Å². The highest BCUT2D eigenvalue weighted by atomic mass is 16.5. The number of carbonyl (C=O) groups is 1. The number of nitrogens with zero attached hydrogens (tertiary/aromatic N) is 1. The molecule has 5 heteroatoms. The van der Waals surface area contributed by atoms with E-state index in [1.54, 1.807) is 7.11 Å². The average Bonchev–Trinajstić information content (AvgIpc) is 3.10. The van der Waals surface area contributed by atoms with E-state index < -0.39 is 0 Å². The highest BCUT2D eigenvalue weighted by Gasteiger charge is 2.46. The number of likely N-dealkylation sites (tertiary alicyclic amines) is 1. The number of benzene rings is 1. The maximum atomic E-state index is 12.3. The van der Waals surface area contributed by atoms with Crippen LogP contribution in [0.1, 0.15) is 36.9 Å². The van der Waals surface area contributed by atoms with Gasteiger partial charge < -0.3 is 19.7 Å². The first kappa shape index (κ1) is 18.4. The minimum Gasteiger partial charge on any atom is -0.382 e. The van der Waals surface area contributed by atoms with Crippen molar-refractivity contribution in [2.75, 3.05) is 46.6 Å². The van der Waals surface area contributed by atoms with Crippen LogP contribution in [0.15, 0.2) is 24.3 Å². The van der Waals surface area contributed by atoms with E-state index in [0.717, 1.165) is 19.6 Å². The summed E-state index contributed by atoms with van der Waals surface area (Å²) in [6.45, 7) is 8.83. The van der Waals surface area contributed by atoms with Gasteiger partial charge >= 0.3 is 0 Å². The first-order valence-corrected chi connectivity index (χ1v) is 9.27. The van der Waals surface area contributed by atoms with Gasteiger partial charge in [0.25, 0.3) is 0 Å². The smallest absolute Gasteiger partial charge is 0.246 e. The van der Waals surface area contributed by atoms with Crippen LogP contribution in [0, 0.1) is 11.8 Å². The third-order valence-corrected chi connectivity index (χ3v) is 5.20. The Kier molecular flexibility index (Phi) is 6.10. The second-order valence-electron chi connectivity index (χ2n) is 7.60. The minimum atomic E-state index is -0.0427. The van der Waals surface area contributed by atoms with E-state index in [0.29, 0.717) is 31.0 Å². The summed E-state index contributed by atoms with van der Waals surface area (Å²) in [4.78, 5) is 14.9. The van der Waals surface area contributed by atoms with Crippen LogP contribution in [0.4, 0.5) is 0 Å². The molecule has 0 aromatic heterocycles. The highest BCUT2D eigenvalue weighted by Crippen LogP contribution is 2.49. The van der Waals surface area contributed by atoms with Crippen LogP contribution in [0.2, 0.25) is 0 Å². The van der Waals surface area contributed by atoms with Crippen molar-refractivity contribution in [2.45, 2.75) is 25.8 Å². The first-order valence-electron chi connectivity index (χ1n) is 9.27. The number of fused-ring (bicyclic) bond motifs is 3. The van der Waals surface area contributed by atoms with E-state index in [1.165, 1.54) is 11.1 Å². The summed E-state index contributed by atoms with van der Waals surface area (Å²) in [5.74, 6) is 1.60. The molecule has 0 unspecified atom stereocenters. The van der Waals surface area contributed by atoms with Gasteiger partial charge in [-0.3, -0.25) is 4.79 Å². The molecule has 1 amide bonds. The molecule has 25 heavy (non-hydrogen) atoms. The lowest BCUT2D eigenvalue weighted by molar-refractivity contribution is -0.127. The summed E-state index contributed by atoms with van der Waals surface area (Å²) in [5.41, 5.74) is 2.69. The van der Waals surface area contributed by atoms with E-state index >= 15 is 0 Å². The number of amides is 1. The second kappa shape index (κ2) is 8.30. The van der Waals surface area contributed by atoms with Crippen LogP contribution >= 0.6 is 0 Å². The van der Waals surface area contributed by atoms with Crippen molar-refractivity contribution in [3.05, 3.63) is 35.4 Å². The van der Waals surface area contributed by atoms with E-state index in [1.807, 2.05) is 0 Å². The van der Waals surface area contributed by atoms with E-state index in [9.17, 15) is 4.79 Å². The van der Waals surface area contributed by atoms with E-state index in [2.05, 4.69) is 48.3 Å². The second-order valence-corrected chi connectivity index (χ2v) is 7.60. The molecule has 1 saturated heterocycles. The summed E-state index contributed by atoms with van der Waals surface area (Å²) in [7, 11) is 1.63. The van der Waals surface area contributed by atoms with E-state index in [4.69, 9.17) is 9.47 Å². The number of ether oxygens (including phenoxy) is 2. The van der Waals surface area contributed by atoms with E-state index in [-0.39, 0.29) is 18.6 Å². The fourth-order valence-electron chi connectivity index (χ4n) is 4.32. The fraction of sp³-hybridized carbons (Fsp3) is 0.650. The first-order chi connectivity index (χ1) is 12.1. The van der Waals surface area contributed by atoms with Crippen LogP contribution in [-0.2, 0) is 14.3 Å². The Morgan fingerprint density at radius 3 is 2.72 bits per heavy atom. The number of nitrogens with one attached hydrogen (secondary N) is 1. The number of carbonyl (C=O) groups excluding carboxylic acids is 1. The van der Waals surface area contributed by atoms with Crippen molar-refractivity contribution in [1.29, 1.82) is 0 Å². The molecule has 1 aliphatic heterocycles. The zero-order chi connectivity index (χ0) is 17.8. The molecule has 1 heterocycles. The zero-order valence-corrected chi connectivity index (χ0v) is 15.5. The van der Waals surface area contributed by atoms with Crippen molar-refractivity contribution in [3.63, 3.8) is 0 Å². The predicted octanol–water partition coefficient (Wildman–Crippen LogP) is 2.19. The summed E-state index contributed by atoms with van der Waals surface area (Å²) < 4.78 is 10.3. The topological polar surface area (TPSA) is 50.8 Å². The van der Waals surface area contributed by atoms with Crippen molar-refractivity contribution in [1.82, 2.24) is 10.2 Å². The Morgan fingerprint density at radius 1 is 1.24 bits per heavy atom. The largest absolute Gasteiger partial charge is 0.382 e. The molecule has 138 valence electrons. The van der Waals surface area contributed by atoms with Crippen LogP contribution in [0.5, 0.6) is 0 Å². The monoisotopic (exact) mass is 346 g/mol. The molecule has 5 nitrogen and oxygen atoms in total. The summed E-state index contributed by atoms with van der Waals surface area (Å²) in [6, 6.07) is 8.67. The number of rotatable bonds is 8. The maximum absolute atomic E-state index is 12.3. The Labute approximate surface area is 150 Å². The lowest BCUT2D eigenvalue weighted by atomic mass is 9.94. The molecular formula is C20H30N2O3. The van der Waals surface area contributed by atoms with Crippen LogP contribution in [0.3, 0.4) is 0 Å². The minimum absolute atomic E-state index is 0.0427. The standard InChI is InChI=1S/C20H30N2O3/c1-14(2)10-22-11-17-15-6-4-5-7-16(15)20(18(17)12-22)21-19(23)13-25-9-8-24-3/h4-7,14,17-18,20H,8-13H2,1-3H3,(H,21,23)/t17-,18-,20+/m0/s1. The summed E-state index contributed by atoms with van der Waals surface area (Å²) >= 11 is 0. The normalized spacial score (nSPS) is 25.2. The third-order valence-electron chi connectivity index (χ3n) is 5.20. The predicted molar refractivity (Wildman–Crippen MR) is 97.5 cm³/mol. The van der Waals surface area contributed by atoms with Gasteiger partial charge in [0.2, 0.25) is 5.91 Å². The summed E-state index contributed by atoms with van der Waals surface area (Å²) in [5, 5.41) is 3.23. The lowest BCUT2D eigenvalue weighted by Gasteiger charge is -2.23. The van der Waals surface area contributed by atoms with Crippen molar-refractivity contribution in [2.24, 2.45) is 11.8 Å². The van der Waals surface area contributed by atoms with Gasteiger partial charge in [-0.05, 0) is 17.0 Å². The van der Waals surface area contributed by atoms with Crippen LogP contribution < -0.4 is 5.32 Å². The quantitative estimate of drug-likeness (QED) is 0.733. The van der Waals surface area contributed by atoms with Crippen LogP contribution in [0.25, 0.3) is 0 Å². The molecule has 1 aromatic rings. The Balaban J connectivity index is 1.66. The van der Waals surface area contributed by atoms with Gasteiger partial charge in [0.1, 0.15) is 6.61 Å². The van der Waals surface area contributed by atoms with Crippen molar-refractivity contribution in [3.8, 4) is 0 Å². The molecule has 1 aliphatic carbocycles. The van der Waals surface area contributed by atoms with Gasteiger partial charge in [-0.1, -0.05) is 38.1 Å². The van der Waals surface area contributed by atoms with Crippen molar-refractivity contribution < 1.29 is 14.3 Å². The average molecular weight is 346 g/mol. The number of hydrogen-bond acceptors (Lipinski definition) is 4.